The Morgan fingerprint density at radius 3 is 2.85 bits per heavy atom. The van der Waals surface area contributed by atoms with Gasteiger partial charge in [-0.05, 0) is 18.2 Å². The molecule has 3 rings (SSSR count). The summed E-state index contributed by atoms with van der Waals surface area (Å²) >= 11 is 5.89. The van der Waals surface area contributed by atoms with Crippen LogP contribution < -0.4 is 4.74 Å². The number of nitrogens with one attached hydrogen (secondary N) is 1. The molecule has 0 unspecified atom stereocenters. The summed E-state index contributed by atoms with van der Waals surface area (Å²) in [4.78, 5) is 2.99. The molecule has 4 N–H and O–H groups in total. The molecular formula is C13H14ClNO5. The lowest BCUT2D eigenvalue weighted by molar-refractivity contribution is -0.241. The van der Waals surface area contributed by atoms with E-state index in [1.165, 1.54) is 0 Å². The van der Waals surface area contributed by atoms with Crippen LogP contribution in [0.25, 0.3) is 10.9 Å². The summed E-state index contributed by atoms with van der Waals surface area (Å²) in [7, 11) is 0. The van der Waals surface area contributed by atoms with Crippen molar-refractivity contribution in [2.45, 2.75) is 24.6 Å². The molecule has 7 heteroatoms. The lowest BCUT2D eigenvalue weighted by atomic mass is 10.1. The highest BCUT2D eigenvalue weighted by molar-refractivity contribution is 6.31. The molecule has 1 fully saturated rings. The first-order valence-corrected chi connectivity index (χ1v) is 6.53. The third kappa shape index (κ3) is 2.36. The Balaban J connectivity index is 1.83. The summed E-state index contributed by atoms with van der Waals surface area (Å²) in [5, 5.41) is 30.2. The fourth-order valence-corrected chi connectivity index (χ4v) is 2.35. The summed E-state index contributed by atoms with van der Waals surface area (Å²) in [5.41, 5.74) is 0.790. The van der Waals surface area contributed by atoms with Crippen molar-refractivity contribution in [1.82, 2.24) is 4.98 Å². The van der Waals surface area contributed by atoms with E-state index in [1.54, 1.807) is 24.4 Å². The van der Waals surface area contributed by atoms with Crippen LogP contribution in [-0.2, 0) is 4.74 Å². The lowest BCUT2D eigenvalue weighted by Gasteiger charge is -2.34. The van der Waals surface area contributed by atoms with E-state index in [9.17, 15) is 15.3 Å². The van der Waals surface area contributed by atoms with Gasteiger partial charge >= 0.3 is 0 Å². The van der Waals surface area contributed by atoms with Gasteiger partial charge in [0.05, 0.1) is 12.1 Å². The van der Waals surface area contributed by atoms with Crippen molar-refractivity contribution in [3.63, 3.8) is 0 Å². The summed E-state index contributed by atoms with van der Waals surface area (Å²) in [6.45, 7) is -0.100. The number of hydrogen-bond acceptors (Lipinski definition) is 5. The first-order valence-electron chi connectivity index (χ1n) is 6.15. The van der Waals surface area contributed by atoms with Gasteiger partial charge < -0.3 is 29.8 Å². The molecule has 108 valence electrons. The number of aromatic amines is 1. The molecule has 0 radical (unpaired) electrons. The molecule has 2 heterocycles. The summed E-state index contributed by atoms with van der Waals surface area (Å²) in [6, 6.07) is 5.26. The Morgan fingerprint density at radius 2 is 2.05 bits per heavy atom. The number of benzene rings is 1. The average molecular weight is 300 g/mol. The third-order valence-corrected chi connectivity index (χ3v) is 3.54. The van der Waals surface area contributed by atoms with Crippen LogP contribution in [-0.4, -0.2) is 51.5 Å². The molecule has 0 spiro atoms. The normalized spacial score (nSPS) is 30.6. The first-order chi connectivity index (χ1) is 9.56. The second-order valence-corrected chi connectivity index (χ2v) is 5.15. The SMILES string of the molecule is O[C@@H]1[C@@H](O)[C@H](Oc2c[nH]c3cc(Cl)ccc23)OC[C@@H]1O. The Morgan fingerprint density at radius 1 is 1.25 bits per heavy atom. The minimum atomic E-state index is -1.32. The Labute approximate surface area is 119 Å². The fourth-order valence-electron chi connectivity index (χ4n) is 2.18. The van der Waals surface area contributed by atoms with Crippen molar-refractivity contribution >= 4 is 22.5 Å². The van der Waals surface area contributed by atoms with Crippen LogP contribution >= 0.6 is 11.6 Å². The topological polar surface area (TPSA) is 94.9 Å². The molecule has 1 aromatic carbocycles. The second-order valence-electron chi connectivity index (χ2n) is 4.71. The molecule has 0 aliphatic carbocycles. The van der Waals surface area contributed by atoms with Crippen LogP contribution in [0.5, 0.6) is 5.75 Å². The fraction of sp³-hybridized carbons (Fsp3) is 0.385. The molecule has 6 nitrogen and oxygen atoms in total. The van der Waals surface area contributed by atoms with E-state index < -0.39 is 24.6 Å². The van der Waals surface area contributed by atoms with Crippen LogP contribution in [0.4, 0.5) is 0 Å². The maximum absolute atomic E-state index is 9.83. The van der Waals surface area contributed by atoms with Crippen LogP contribution in [0.3, 0.4) is 0 Å². The van der Waals surface area contributed by atoms with Crippen LogP contribution in [0.1, 0.15) is 0 Å². The number of halogens is 1. The Hall–Kier alpha value is -1.31. The van der Waals surface area contributed by atoms with Gasteiger partial charge in [0, 0.05) is 16.6 Å². The van der Waals surface area contributed by atoms with Gasteiger partial charge in [-0.15, -0.1) is 0 Å². The van der Waals surface area contributed by atoms with E-state index >= 15 is 0 Å². The zero-order valence-electron chi connectivity index (χ0n) is 10.4. The molecule has 1 aliphatic heterocycles. The summed E-state index contributed by atoms with van der Waals surface area (Å²) in [6.07, 6.45) is -3.16. The van der Waals surface area contributed by atoms with Gasteiger partial charge in [-0.3, -0.25) is 0 Å². The average Bonchev–Trinajstić information content (AvgIpc) is 2.82. The predicted octanol–water partition coefficient (Wildman–Crippen LogP) is 0.639. The van der Waals surface area contributed by atoms with E-state index in [4.69, 9.17) is 21.1 Å². The van der Waals surface area contributed by atoms with E-state index in [0.29, 0.717) is 10.8 Å². The smallest absolute Gasteiger partial charge is 0.228 e. The molecule has 0 amide bonds. The lowest BCUT2D eigenvalue weighted by Crippen LogP contribution is -2.54. The van der Waals surface area contributed by atoms with Crippen LogP contribution in [0, 0.1) is 0 Å². The van der Waals surface area contributed by atoms with E-state index in [-0.39, 0.29) is 6.61 Å². The number of fused-ring (bicyclic) bond motifs is 1. The number of rotatable bonds is 2. The predicted molar refractivity (Wildman–Crippen MR) is 71.7 cm³/mol. The zero-order valence-corrected chi connectivity index (χ0v) is 11.1. The number of ether oxygens (including phenoxy) is 2. The van der Waals surface area contributed by atoms with E-state index in [1.807, 2.05) is 0 Å². The minimum absolute atomic E-state index is 0.100. The van der Waals surface area contributed by atoms with Gasteiger partial charge in [0.2, 0.25) is 6.29 Å². The van der Waals surface area contributed by atoms with Gasteiger partial charge in [-0.25, -0.2) is 0 Å². The van der Waals surface area contributed by atoms with Crippen molar-refractivity contribution in [3.8, 4) is 5.75 Å². The number of aliphatic hydroxyl groups excluding tert-OH is 3. The maximum Gasteiger partial charge on any atom is 0.228 e. The highest BCUT2D eigenvalue weighted by Gasteiger charge is 2.39. The minimum Gasteiger partial charge on any atom is -0.460 e. The third-order valence-electron chi connectivity index (χ3n) is 3.30. The molecule has 0 saturated carbocycles. The van der Waals surface area contributed by atoms with Gasteiger partial charge in [-0.1, -0.05) is 11.6 Å². The number of aromatic nitrogens is 1. The van der Waals surface area contributed by atoms with Gasteiger partial charge in [-0.2, -0.15) is 0 Å². The molecule has 1 aromatic heterocycles. The summed E-state index contributed by atoms with van der Waals surface area (Å²) < 4.78 is 10.8. The van der Waals surface area contributed by atoms with Gasteiger partial charge in [0.1, 0.15) is 24.1 Å². The number of hydrogen-bond donors (Lipinski definition) is 4. The highest BCUT2D eigenvalue weighted by atomic mass is 35.5. The van der Waals surface area contributed by atoms with Crippen molar-refractivity contribution in [2.24, 2.45) is 0 Å². The van der Waals surface area contributed by atoms with E-state index in [2.05, 4.69) is 4.98 Å². The largest absolute Gasteiger partial charge is 0.460 e. The number of H-pyrrole nitrogens is 1. The van der Waals surface area contributed by atoms with Crippen molar-refractivity contribution in [2.75, 3.05) is 6.61 Å². The van der Waals surface area contributed by atoms with Crippen LogP contribution in [0.2, 0.25) is 5.02 Å². The molecule has 20 heavy (non-hydrogen) atoms. The number of aliphatic hydroxyl groups is 3. The quantitative estimate of drug-likeness (QED) is 0.653. The molecule has 1 aliphatic rings. The Kier molecular flexibility index (Phi) is 3.57. The monoisotopic (exact) mass is 299 g/mol. The van der Waals surface area contributed by atoms with Crippen LogP contribution in [0.15, 0.2) is 24.4 Å². The standard InChI is InChI=1S/C13H14ClNO5/c14-6-1-2-7-8(3-6)15-4-10(7)20-13-12(18)11(17)9(16)5-19-13/h1-4,9,11-13,15-18H,5H2/t9-,11-,12+,13-/m0/s1. The van der Waals surface area contributed by atoms with Crippen molar-refractivity contribution in [3.05, 3.63) is 29.4 Å². The molecule has 1 saturated heterocycles. The van der Waals surface area contributed by atoms with Crippen molar-refractivity contribution < 1.29 is 24.8 Å². The molecule has 4 atom stereocenters. The maximum atomic E-state index is 9.83. The molecular weight excluding hydrogens is 286 g/mol. The first kappa shape index (κ1) is 13.7. The Bertz CT molecular complexity index is 616. The van der Waals surface area contributed by atoms with Gasteiger partial charge in [0.15, 0.2) is 0 Å². The zero-order chi connectivity index (χ0) is 14.3. The second kappa shape index (κ2) is 5.23. The highest BCUT2D eigenvalue weighted by Crippen LogP contribution is 2.30. The van der Waals surface area contributed by atoms with Crippen molar-refractivity contribution in [1.29, 1.82) is 0 Å². The summed E-state index contributed by atoms with van der Waals surface area (Å²) in [5.74, 6) is 0.476. The van der Waals surface area contributed by atoms with Gasteiger partial charge in [0.25, 0.3) is 0 Å². The molecule has 0 bridgehead atoms. The van der Waals surface area contributed by atoms with E-state index in [0.717, 1.165) is 10.9 Å². The molecule has 2 aromatic rings.